The SMILES string of the molecule is CCOc1cc(C(=O)N(C)C)ccc1NC(=O)C1CCNCC1.Cl. The lowest BCUT2D eigenvalue weighted by atomic mass is 9.97. The van der Waals surface area contributed by atoms with E-state index in [-0.39, 0.29) is 30.1 Å². The van der Waals surface area contributed by atoms with E-state index in [1.54, 1.807) is 32.3 Å². The quantitative estimate of drug-likeness (QED) is 0.849. The zero-order valence-electron chi connectivity index (χ0n) is 14.4. The fourth-order valence-electron chi connectivity index (χ4n) is 2.61. The second kappa shape index (κ2) is 9.49. The number of anilines is 1. The van der Waals surface area contributed by atoms with E-state index in [1.165, 1.54) is 4.90 Å². The molecule has 0 bridgehead atoms. The number of piperidine rings is 1. The van der Waals surface area contributed by atoms with Crippen molar-refractivity contribution in [2.24, 2.45) is 5.92 Å². The van der Waals surface area contributed by atoms with Crippen molar-refractivity contribution in [3.05, 3.63) is 23.8 Å². The first-order chi connectivity index (χ1) is 11.0. The Bertz CT molecular complexity index is 572. The zero-order chi connectivity index (χ0) is 16.8. The summed E-state index contributed by atoms with van der Waals surface area (Å²) in [5, 5.41) is 6.19. The number of nitrogens with zero attached hydrogens (tertiary/aromatic N) is 1. The molecule has 134 valence electrons. The molecule has 24 heavy (non-hydrogen) atoms. The third-order valence-electron chi connectivity index (χ3n) is 3.90. The highest BCUT2D eigenvalue weighted by Crippen LogP contribution is 2.28. The van der Waals surface area contributed by atoms with Crippen LogP contribution < -0.4 is 15.4 Å². The smallest absolute Gasteiger partial charge is 0.253 e. The van der Waals surface area contributed by atoms with Gasteiger partial charge in [-0.3, -0.25) is 9.59 Å². The van der Waals surface area contributed by atoms with E-state index >= 15 is 0 Å². The largest absolute Gasteiger partial charge is 0.492 e. The third kappa shape index (κ3) is 5.11. The summed E-state index contributed by atoms with van der Waals surface area (Å²) in [6, 6.07) is 5.13. The van der Waals surface area contributed by atoms with Crippen LogP contribution >= 0.6 is 12.4 Å². The van der Waals surface area contributed by atoms with E-state index in [0.29, 0.717) is 23.6 Å². The predicted molar refractivity (Wildman–Crippen MR) is 97.1 cm³/mol. The van der Waals surface area contributed by atoms with Gasteiger partial charge in [0.1, 0.15) is 5.75 Å². The van der Waals surface area contributed by atoms with Crippen LogP contribution in [-0.2, 0) is 4.79 Å². The first-order valence-electron chi connectivity index (χ1n) is 8.03. The monoisotopic (exact) mass is 355 g/mol. The fraction of sp³-hybridized carbons (Fsp3) is 0.529. The van der Waals surface area contributed by atoms with Crippen LogP contribution in [0.5, 0.6) is 5.75 Å². The maximum absolute atomic E-state index is 12.4. The van der Waals surface area contributed by atoms with Gasteiger partial charge in [-0.25, -0.2) is 0 Å². The van der Waals surface area contributed by atoms with Crippen LogP contribution in [-0.4, -0.2) is 50.5 Å². The summed E-state index contributed by atoms with van der Waals surface area (Å²) in [6.45, 7) is 4.08. The lowest BCUT2D eigenvalue weighted by Crippen LogP contribution is -2.34. The molecule has 0 atom stereocenters. The van der Waals surface area contributed by atoms with E-state index < -0.39 is 0 Å². The van der Waals surface area contributed by atoms with Crippen molar-refractivity contribution in [3.8, 4) is 5.75 Å². The van der Waals surface area contributed by atoms with Crippen LogP contribution in [0.4, 0.5) is 5.69 Å². The molecule has 0 aliphatic carbocycles. The molecule has 6 nitrogen and oxygen atoms in total. The molecule has 1 aromatic carbocycles. The van der Waals surface area contributed by atoms with Crippen LogP contribution in [0, 0.1) is 5.92 Å². The first kappa shape index (κ1) is 20.3. The van der Waals surface area contributed by atoms with Gasteiger partial charge in [0.25, 0.3) is 5.91 Å². The van der Waals surface area contributed by atoms with E-state index in [0.717, 1.165) is 25.9 Å². The van der Waals surface area contributed by atoms with Crippen LogP contribution in [0.15, 0.2) is 18.2 Å². The topological polar surface area (TPSA) is 70.7 Å². The molecule has 0 saturated carbocycles. The second-order valence-electron chi connectivity index (χ2n) is 5.86. The summed E-state index contributed by atoms with van der Waals surface area (Å²) in [6.07, 6.45) is 1.68. The lowest BCUT2D eigenvalue weighted by molar-refractivity contribution is -0.120. The molecule has 1 fully saturated rings. The van der Waals surface area contributed by atoms with Crippen molar-refractivity contribution in [2.75, 3.05) is 39.1 Å². The van der Waals surface area contributed by atoms with E-state index in [4.69, 9.17) is 4.74 Å². The van der Waals surface area contributed by atoms with Gasteiger partial charge < -0.3 is 20.3 Å². The Labute approximate surface area is 149 Å². The molecule has 0 unspecified atom stereocenters. The van der Waals surface area contributed by atoms with Gasteiger partial charge in [-0.15, -0.1) is 12.4 Å². The van der Waals surface area contributed by atoms with Crippen LogP contribution in [0.2, 0.25) is 0 Å². The van der Waals surface area contributed by atoms with Crippen LogP contribution in [0.25, 0.3) is 0 Å². The highest BCUT2D eigenvalue weighted by molar-refractivity contribution is 5.97. The minimum absolute atomic E-state index is 0. The van der Waals surface area contributed by atoms with Gasteiger partial charge in [0.15, 0.2) is 0 Å². The summed E-state index contributed by atoms with van der Waals surface area (Å²) >= 11 is 0. The average Bonchev–Trinajstić information content (AvgIpc) is 2.56. The molecule has 0 aromatic heterocycles. The molecule has 1 aliphatic rings. The van der Waals surface area contributed by atoms with Crippen LogP contribution in [0.1, 0.15) is 30.1 Å². The molecule has 1 aliphatic heterocycles. The fourth-order valence-corrected chi connectivity index (χ4v) is 2.61. The number of ether oxygens (including phenoxy) is 1. The minimum Gasteiger partial charge on any atom is -0.492 e. The molecule has 1 aromatic rings. The number of amides is 2. The predicted octanol–water partition coefficient (Wildman–Crippen LogP) is 2.15. The molecule has 0 spiro atoms. The molecular formula is C17H26ClN3O3. The Morgan fingerprint density at radius 3 is 2.54 bits per heavy atom. The van der Waals surface area contributed by atoms with E-state index in [2.05, 4.69) is 10.6 Å². The van der Waals surface area contributed by atoms with Gasteiger partial charge in [0, 0.05) is 25.6 Å². The van der Waals surface area contributed by atoms with Crippen molar-refractivity contribution in [3.63, 3.8) is 0 Å². The highest BCUT2D eigenvalue weighted by Gasteiger charge is 2.22. The first-order valence-corrected chi connectivity index (χ1v) is 8.03. The van der Waals surface area contributed by atoms with Crippen molar-refractivity contribution >= 4 is 29.9 Å². The lowest BCUT2D eigenvalue weighted by Gasteiger charge is -2.22. The third-order valence-corrected chi connectivity index (χ3v) is 3.90. The molecule has 2 amide bonds. The average molecular weight is 356 g/mol. The Morgan fingerprint density at radius 2 is 1.96 bits per heavy atom. The van der Waals surface area contributed by atoms with E-state index in [1.807, 2.05) is 6.92 Å². The maximum Gasteiger partial charge on any atom is 0.253 e. The Hall–Kier alpha value is -1.79. The number of carbonyl (C=O) groups is 2. The van der Waals surface area contributed by atoms with Gasteiger partial charge in [-0.1, -0.05) is 0 Å². The summed E-state index contributed by atoms with van der Waals surface area (Å²) in [4.78, 5) is 26.0. The molecule has 2 N–H and O–H groups in total. The summed E-state index contributed by atoms with van der Waals surface area (Å²) in [5.41, 5.74) is 1.16. The zero-order valence-corrected chi connectivity index (χ0v) is 15.2. The van der Waals surface area contributed by atoms with Gasteiger partial charge in [0.2, 0.25) is 5.91 Å². The van der Waals surface area contributed by atoms with Crippen molar-refractivity contribution in [1.29, 1.82) is 0 Å². The van der Waals surface area contributed by atoms with E-state index in [9.17, 15) is 9.59 Å². The number of hydrogen-bond donors (Lipinski definition) is 2. The molecule has 7 heteroatoms. The van der Waals surface area contributed by atoms with Gasteiger partial charge in [-0.05, 0) is 51.1 Å². The number of halogens is 1. The van der Waals surface area contributed by atoms with Gasteiger partial charge in [0.05, 0.1) is 12.3 Å². The van der Waals surface area contributed by atoms with Gasteiger partial charge in [-0.2, -0.15) is 0 Å². The number of hydrogen-bond acceptors (Lipinski definition) is 4. The number of carbonyl (C=O) groups excluding carboxylic acids is 2. The van der Waals surface area contributed by atoms with Crippen molar-refractivity contribution in [1.82, 2.24) is 10.2 Å². The molecule has 1 saturated heterocycles. The summed E-state index contributed by atoms with van der Waals surface area (Å²) in [7, 11) is 3.41. The number of rotatable bonds is 5. The normalized spacial score (nSPS) is 14.5. The number of nitrogens with one attached hydrogen (secondary N) is 2. The molecule has 0 radical (unpaired) electrons. The van der Waals surface area contributed by atoms with Crippen molar-refractivity contribution < 1.29 is 14.3 Å². The Balaban J connectivity index is 0.00000288. The standard InChI is InChI=1S/C17H25N3O3.ClH/c1-4-23-15-11-13(17(22)20(2)3)5-6-14(15)19-16(21)12-7-9-18-10-8-12;/h5-6,11-12,18H,4,7-10H2,1-3H3,(H,19,21);1H. The highest BCUT2D eigenvalue weighted by atomic mass is 35.5. The summed E-state index contributed by atoms with van der Waals surface area (Å²) < 4.78 is 5.60. The van der Waals surface area contributed by atoms with Crippen LogP contribution in [0.3, 0.4) is 0 Å². The van der Waals surface area contributed by atoms with Gasteiger partial charge >= 0.3 is 0 Å². The Kier molecular flexibility index (Phi) is 8.01. The second-order valence-corrected chi connectivity index (χ2v) is 5.86. The molecular weight excluding hydrogens is 330 g/mol. The maximum atomic E-state index is 12.4. The van der Waals surface area contributed by atoms with Crippen molar-refractivity contribution in [2.45, 2.75) is 19.8 Å². The minimum atomic E-state index is -0.0952. The summed E-state index contributed by atoms with van der Waals surface area (Å²) in [5.74, 6) is 0.470. The Morgan fingerprint density at radius 1 is 1.29 bits per heavy atom. The number of benzene rings is 1. The molecule has 1 heterocycles. The molecule has 2 rings (SSSR count).